The molecule has 1 aliphatic heterocycles. The monoisotopic (exact) mass is 393 g/mol. The third-order valence-electron chi connectivity index (χ3n) is 4.60. The molecule has 27 heavy (non-hydrogen) atoms. The molecule has 2 fully saturated rings. The summed E-state index contributed by atoms with van der Waals surface area (Å²) < 4.78 is 67.7. The number of rotatable bonds is 5. The number of alkyl halides is 3. The Morgan fingerprint density at radius 2 is 1.93 bits per heavy atom. The molecule has 0 unspecified atom stereocenters. The molecule has 5 nitrogen and oxygen atoms in total. The lowest BCUT2D eigenvalue weighted by atomic mass is 10.1. The van der Waals surface area contributed by atoms with Crippen molar-refractivity contribution in [3.8, 4) is 5.75 Å². The van der Waals surface area contributed by atoms with Gasteiger partial charge in [0.2, 0.25) is 0 Å². The van der Waals surface area contributed by atoms with E-state index in [4.69, 9.17) is 0 Å². The average Bonchev–Trinajstić information content (AvgIpc) is 3.41. The number of carbonyl (C=O) groups excluding carboxylic acids is 1. The molecule has 0 radical (unpaired) electrons. The molecular weight excluding hydrogens is 373 g/mol. The number of halogens is 5. The molecule has 1 aromatic rings. The Morgan fingerprint density at radius 3 is 2.52 bits per heavy atom. The number of urea groups is 1. The average molecular weight is 393 g/mol. The second-order valence-electron chi connectivity index (χ2n) is 6.72. The fourth-order valence-corrected chi connectivity index (χ4v) is 3.22. The van der Waals surface area contributed by atoms with Crippen LogP contribution in [0.2, 0.25) is 0 Å². The van der Waals surface area contributed by atoms with Gasteiger partial charge in [-0.05, 0) is 38.3 Å². The van der Waals surface area contributed by atoms with Crippen molar-refractivity contribution in [1.82, 2.24) is 15.5 Å². The predicted octanol–water partition coefficient (Wildman–Crippen LogP) is 3.29. The van der Waals surface area contributed by atoms with Crippen molar-refractivity contribution in [3.05, 3.63) is 29.3 Å². The number of hydrogen-bond acceptors (Lipinski definition) is 3. The van der Waals surface area contributed by atoms with E-state index in [-0.39, 0.29) is 30.2 Å². The number of hydrogen-bond donors (Lipinski definition) is 2. The molecule has 1 aliphatic carbocycles. The van der Waals surface area contributed by atoms with Crippen LogP contribution in [0.4, 0.5) is 26.7 Å². The van der Waals surface area contributed by atoms with Gasteiger partial charge in [-0.15, -0.1) is 13.2 Å². The second-order valence-corrected chi connectivity index (χ2v) is 6.72. The van der Waals surface area contributed by atoms with Gasteiger partial charge < -0.3 is 20.3 Å². The highest BCUT2D eigenvalue weighted by molar-refractivity contribution is 5.75. The minimum atomic E-state index is -5.12. The fraction of sp³-hybridized carbons (Fsp3) is 0.588. The maximum atomic E-state index is 14.0. The van der Waals surface area contributed by atoms with E-state index in [9.17, 15) is 26.7 Å². The summed E-state index contributed by atoms with van der Waals surface area (Å²) in [6.07, 6.45) is -1.51. The Kier molecular flexibility index (Phi) is 5.73. The largest absolute Gasteiger partial charge is 0.573 e. The van der Waals surface area contributed by atoms with E-state index in [2.05, 4.69) is 15.4 Å². The van der Waals surface area contributed by atoms with Crippen LogP contribution < -0.4 is 15.4 Å². The van der Waals surface area contributed by atoms with Crippen molar-refractivity contribution in [2.24, 2.45) is 0 Å². The van der Waals surface area contributed by atoms with Gasteiger partial charge in [0.15, 0.2) is 11.6 Å². The zero-order valence-electron chi connectivity index (χ0n) is 14.4. The summed E-state index contributed by atoms with van der Waals surface area (Å²) in [5, 5.41) is 5.77. The first kappa shape index (κ1) is 19.7. The second kappa shape index (κ2) is 7.87. The molecule has 1 saturated carbocycles. The molecule has 150 valence electrons. The molecular formula is C17H20F5N3O2. The standard InChI is InChI=1S/C17H20F5N3O2/c18-13-7-15(27-17(20,21)22)14(19)6-10(13)8-24-16(26)25(11-3-4-11)12-2-1-5-23-9-12/h6-7,11-12,23H,1-5,8-9H2,(H,24,26)/t12-/m1/s1. The number of piperidine rings is 1. The zero-order valence-corrected chi connectivity index (χ0v) is 14.4. The highest BCUT2D eigenvalue weighted by Gasteiger charge is 2.38. The van der Waals surface area contributed by atoms with Gasteiger partial charge in [-0.3, -0.25) is 0 Å². The van der Waals surface area contributed by atoms with E-state index in [0.717, 1.165) is 32.2 Å². The Labute approximate surface area is 152 Å². The number of nitrogens with one attached hydrogen (secondary N) is 2. The molecule has 1 atom stereocenters. The van der Waals surface area contributed by atoms with Crippen LogP contribution >= 0.6 is 0 Å². The number of nitrogens with zero attached hydrogens (tertiary/aromatic N) is 1. The SMILES string of the molecule is O=C(NCc1cc(F)c(OC(F)(F)F)cc1F)N(C1CC1)[C@@H]1CCCNC1. The van der Waals surface area contributed by atoms with Crippen molar-refractivity contribution in [2.75, 3.05) is 13.1 Å². The van der Waals surface area contributed by atoms with E-state index in [1.807, 2.05) is 0 Å². The molecule has 1 saturated heterocycles. The maximum absolute atomic E-state index is 14.0. The van der Waals surface area contributed by atoms with Crippen LogP contribution in [0, 0.1) is 11.6 Å². The van der Waals surface area contributed by atoms with Crippen LogP contribution in [0.15, 0.2) is 12.1 Å². The van der Waals surface area contributed by atoms with Crippen molar-refractivity contribution >= 4 is 6.03 Å². The molecule has 1 heterocycles. The number of carbonyl (C=O) groups is 1. The van der Waals surface area contributed by atoms with Crippen LogP contribution in [-0.4, -0.2) is 42.5 Å². The van der Waals surface area contributed by atoms with Gasteiger partial charge >= 0.3 is 12.4 Å². The first-order chi connectivity index (χ1) is 12.7. The van der Waals surface area contributed by atoms with E-state index in [0.29, 0.717) is 18.7 Å². The van der Waals surface area contributed by atoms with Crippen LogP contribution in [0.5, 0.6) is 5.75 Å². The van der Waals surface area contributed by atoms with E-state index in [1.54, 1.807) is 4.90 Å². The molecule has 0 bridgehead atoms. The summed E-state index contributed by atoms with van der Waals surface area (Å²) in [6, 6.07) is 0.713. The summed E-state index contributed by atoms with van der Waals surface area (Å²) >= 11 is 0. The molecule has 2 N–H and O–H groups in total. The highest BCUT2D eigenvalue weighted by Crippen LogP contribution is 2.31. The summed E-state index contributed by atoms with van der Waals surface area (Å²) in [5.74, 6) is -3.69. The van der Waals surface area contributed by atoms with Crippen molar-refractivity contribution in [1.29, 1.82) is 0 Å². The Bertz CT molecular complexity index is 688. The first-order valence-corrected chi connectivity index (χ1v) is 8.75. The lowest BCUT2D eigenvalue weighted by Gasteiger charge is -2.35. The van der Waals surface area contributed by atoms with Gasteiger partial charge in [-0.1, -0.05) is 0 Å². The van der Waals surface area contributed by atoms with Crippen molar-refractivity contribution in [2.45, 2.75) is 50.7 Å². The molecule has 10 heteroatoms. The Balaban J connectivity index is 1.64. The lowest BCUT2D eigenvalue weighted by molar-refractivity contribution is -0.275. The molecule has 2 aliphatic rings. The van der Waals surface area contributed by atoms with Gasteiger partial charge in [-0.25, -0.2) is 13.6 Å². The summed E-state index contributed by atoms with van der Waals surface area (Å²) in [7, 11) is 0. The first-order valence-electron chi connectivity index (χ1n) is 8.75. The van der Waals surface area contributed by atoms with Gasteiger partial charge in [0.25, 0.3) is 0 Å². The van der Waals surface area contributed by atoms with Gasteiger partial charge in [-0.2, -0.15) is 0 Å². The van der Waals surface area contributed by atoms with Gasteiger partial charge in [0.1, 0.15) is 5.82 Å². The quantitative estimate of drug-likeness (QED) is 0.755. The Hall–Kier alpha value is -2.10. The van der Waals surface area contributed by atoms with E-state index >= 15 is 0 Å². The lowest BCUT2D eigenvalue weighted by Crippen LogP contribution is -2.52. The molecule has 2 amide bonds. The minimum Gasteiger partial charge on any atom is -0.403 e. The smallest absolute Gasteiger partial charge is 0.403 e. The van der Waals surface area contributed by atoms with Gasteiger partial charge in [0, 0.05) is 36.8 Å². The highest BCUT2D eigenvalue weighted by atomic mass is 19.4. The minimum absolute atomic E-state index is 0.0374. The number of amides is 2. The molecule has 0 aromatic heterocycles. The van der Waals surface area contributed by atoms with Crippen molar-refractivity contribution in [3.63, 3.8) is 0 Å². The summed E-state index contributed by atoms with van der Waals surface area (Å²) in [6.45, 7) is 1.24. The van der Waals surface area contributed by atoms with Gasteiger partial charge in [0.05, 0.1) is 0 Å². The van der Waals surface area contributed by atoms with E-state index in [1.165, 1.54) is 0 Å². The third-order valence-corrected chi connectivity index (χ3v) is 4.60. The normalized spacial score (nSPS) is 20.3. The number of ether oxygens (including phenoxy) is 1. The maximum Gasteiger partial charge on any atom is 0.573 e. The molecule has 1 aromatic carbocycles. The molecule has 3 rings (SSSR count). The summed E-state index contributed by atoms with van der Waals surface area (Å²) in [4.78, 5) is 14.3. The van der Waals surface area contributed by atoms with Crippen LogP contribution in [0.25, 0.3) is 0 Å². The third kappa shape index (κ3) is 5.21. The fourth-order valence-electron chi connectivity index (χ4n) is 3.22. The molecule has 0 spiro atoms. The van der Waals surface area contributed by atoms with Crippen LogP contribution in [-0.2, 0) is 6.54 Å². The van der Waals surface area contributed by atoms with Crippen LogP contribution in [0.1, 0.15) is 31.2 Å². The van der Waals surface area contributed by atoms with E-state index < -0.39 is 23.7 Å². The van der Waals surface area contributed by atoms with Crippen LogP contribution in [0.3, 0.4) is 0 Å². The Morgan fingerprint density at radius 1 is 1.19 bits per heavy atom. The predicted molar refractivity (Wildman–Crippen MR) is 86.0 cm³/mol. The topological polar surface area (TPSA) is 53.6 Å². The zero-order chi connectivity index (χ0) is 19.6. The van der Waals surface area contributed by atoms with Crippen molar-refractivity contribution < 1.29 is 31.5 Å². The summed E-state index contributed by atoms with van der Waals surface area (Å²) in [5.41, 5.74) is -0.257. The number of benzene rings is 1.